The lowest BCUT2D eigenvalue weighted by Gasteiger charge is -1.76. The highest BCUT2D eigenvalue weighted by atomic mass is 79.9. The molecule has 10 heavy (non-hydrogen) atoms. The predicted molar refractivity (Wildman–Crippen MR) is 43.0 cm³/mol. The van der Waals surface area contributed by atoms with Crippen molar-refractivity contribution in [3.8, 4) is 0 Å². The molecule has 0 aromatic carbocycles. The van der Waals surface area contributed by atoms with Crippen LogP contribution in [0.25, 0.3) is 11.1 Å². The number of H-pyrrole nitrogens is 1. The van der Waals surface area contributed by atoms with Crippen molar-refractivity contribution in [3.63, 3.8) is 0 Å². The number of hydrogen-bond acceptors (Lipinski definition) is 1. The van der Waals surface area contributed by atoms with E-state index in [1.807, 2.05) is 19.1 Å². The number of furan rings is 1. The second-order valence-corrected chi connectivity index (χ2v) is 3.06. The van der Waals surface area contributed by atoms with Gasteiger partial charge in [-0.1, -0.05) is 0 Å². The Bertz CT molecular complexity index is 297. The van der Waals surface area contributed by atoms with E-state index in [0.29, 0.717) is 0 Å². The second-order valence-electron chi connectivity index (χ2n) is 2.28. The molecule has 2 heterocycles. The maximum Gasteiger partial charge on any atom is 0.172 e. The average molecular weight is 200 g/mol. The molecule has 0 unspecified atom stereocenters. The van der Waals surface area contributed by atoms with Crippen molar-refractivity contribution in [1.82, 2.24) is 4.98 Å². The van der Waals surface area contributed by atoms with Gasteiger partial charge in [-0.3, -0.25) is 0 Å². The largest absolute Gasteiger partial charge is 0.448 e. The average Bonchev–Trinajstić information content (AvgIpc) is 2.21. The first-order valence-electron chi connectivity index (χ1n) is 3.00. The zero-order valence-electron chi connectivity index (χ0n) is 5.44. The zero-order valence-corrected chi connectivity index (χ0v) is 7.03. The maximum absolute atomic E-state index is 5.27. The summed E-state index contributed by atoms with van der Waals surface area (Å²) in [6.07, 6.45) is 0. The van der Waals surface area contributed by atoms with Gasteiger partial charge in [0.1, 0.15) is 0 Å². The number of aromatic amines is 1. The van der Waals surface area contributed by atoms with Gasteiger partial charge in [-0.2, -0.15) is 0 Å². The monoisotopic (exact) mass is 199 g/mol. The molecule has 0 amide bonds. The standard InChI is InChI=1S/C7H6BrNO/c1-4-2-6-5(9-4)3-7(8)10-6/h2-3,9H,1H3. The van der Waals surface area contributed by atoms with E-state index in [-0.39, 0.29) is 0 Å². The van der Waals surface area contributed by atoms with Crippen LogP contribution in [0.2, 0.25) is 0 Å². The molecule has 2 aromatic rings. The lowest BCUT2D eigenvalue weighted by molar-refractivity contribution is 0.588. The van der Waals surface area contributed by atoms with Crippen molar-refractivity contribution in [2.24, 2.45) is 0 Å². The second kappa shape index (κ2) is 1.89. The molecule has 52 valence electrons. The molecule has 0 saturated carbocycles. The number of hydrogen-bond donors (Lipinski definition) is 1. The summed E-state index contributed by atoms with van der Waals surface area (Å²) < 4.78 is 6.05. The summed E-state index contributed by atoms with van der Waals surface area (Å²) in [6, 6.07) is 3.89. The normalized spacial score (nSPS) is 11.0. The molecule has 0 saturated heterocycles. The van der Waals surface area contributed by atoms with E-state index in [1.165, 1.54) is 0 Å². The van der Waals surface area contributed by atoms with Gasteiger partial charge in [0.15, 0.2) is 10.3 Å². The Kier molecular flexibility index (Phi) is 1.14. The third-order valence-electron chi connectivity index (χ3n) is 1.41. The van der Waals surface area contributed by atoms with Gasteiger partial charge in [0, 0.05) is 17.8 Å². The molecule has 0 atom stereocenters. The summed E-state index contributed by atoms with van der Waals surface area (Å²) in [4.78, 5) is 3.16. The van der Waals surface area contributed by atoms with Crippen LogP contribution in [0.15, 0.2) is 21.2 Å². The Labute approximate surface area is 66.3 Å². The van der Waals surface area contributed by atoms with Crippen molar-refractivity contribution in [3.05, 3.63) is 22.5 Å². The first kappa shape index (κ1) is 6.04. The Morgan fingerprint density at radius 1 is 1.50 bits per heavy atom. The number of rotatable bonds is 0. The molecule has 0 fully saturated rings. The molecular formula is C7H6BrNO. The molecule has 2 aromatic heterocycles. The molecule has 3 heteroatoms. The quantitative estimate of drug-likeness (QED) is 0.695. The Morgan fingerprint density at radius 2 is 2.30 bits per heavy atom. The molecule has 0 aliphatic carbocycles. The van der Waals surface area contributed by atoms with Crippen LogP contribution in [0.4, 0.5) is 0 Å². The molecule has 1 N–H and O–H groups in total. The third-order valence-corrected chi connectivity index (χ3v) is 1.80. The van der Waals surface area contributed by atoms with Gasteiger partial charge in [-0.15, -0.1) is 0 Å². The highest BCUT2D eigenvalue weighted by Gasteiger charge is 2.01. The van der Waals surface area contributed by atoms with E-state index in [1.54, 1.807) is 0 Å². The van der Waals surface area contributed by atoms with Gasteiger partial charge in [0.25, 0.3) is 0 Å². The summed E-state index contributed by atoms with van der Waals surface area (Å²) in [6.45, 7) is 2.00. The fourth-order valence-corrected chi connectivity index (χ4v) is 1.43. The predicted octanol–water partition coefficient (Wildman–Crippen LogP) is 2.83. The van der Waals surface area contributed by atoms with Crippen molar-refractivity contribution in [1.29, 1.82) is 0 Å². The van der Waals surface area contributed by atoms with Gasteiger partial charge in [0.05, 0.1) is 5.52 Å². The van der Waals surface area contributed by atoms with Crippen LogP contribution in [-0.4, -0.2) is 4.98 Å². The summed E-state index contributed by atoms with van der Waals surface area (Å²) in [5, 5.41) is 0. The van der Waals surface area contributed by atoms with Crippen molar-refractivity contribution >= 4 is 27.0 Å². The molecule has 0 bridgehead atoms. The van der Waals surface area contributed by atoms with Crippen molar-refractivity contribution < 1.29 is 4.42 Å². The van der Waals surface area contributed by atoms with Crippen LogP contribution in [-0.2, 0) is 0 Å². The summed E-state index contributed by atoms with van der Waals surface area (Å²) >= 11 is 3.24. The first-order chi connectivity index (χ1) is 4.75. The molecule has 0 aliphatic rings. The number of nitrogens with one attached hydrogen (secondary N) is 1. The summed E-state index contributed by atoms with van der Waals surface area (Å²) in [5.41, 5.74) is 3.08. The van der Waals surface area contributed by atoms with Gasteiger partial charge in [-0.05, 0) is 22.9 Å². The van der Waals surface area contributed by atoms with Crippen LogP contribution >= 0.6 is 15.9 Å². The van der Waals surface area contributed by atoms with Crippen molar-refractivity contribution in [2.75, 3.05) is 0 Å². The number of aryl methyl sites for hydroxylation is 1. The smallest absolute Gasteiger partial charge is 0.172 e. The maximum atomic E-state index is 5.27. The molecule has 0 aliphatic heterocycles. The van der Waals surface area contributed by atoms with Crippen LogP contribution in [0, 0.1) is 6.92 Å². The zero-order chi connectivity index (χ0) is 7.14. The highest BCUT2D eigenvalue weighted by molar-refractivity contribution is 9.10. The topological polar surface area (TPSA) is 28.9 Å². The number of aromatic nitrogens is 1. The van der Waals surface area contributed by atoms with Crippen LogP contribution in [0.1, 0.15) is 5.69 Å². The van der Waals surface area contributed by atoms with Gasteiger partial charge < -0.3 is 9.40 Å². The summed E-state index contributed by atoms with van der Waals surface area (Å²) in [7, 11) is 0. The van der Waals surface area contributed by atoms with E-state index in [9.17, 15) is 0 Å². The number of fused-ring (bicyclic) bond motifs is 1. The Morgan fingerprint density at radius 3 is 3.00 bits per heavy atom. The van der Waals surface area contributed by atoms with E-state index in [2.05, 4.69) is 20.9 Å². The minimum absolute atomic E-state index is 0.772. The van der Waals surface area contributed by atoms with E-state index < -0.39 is 0 Å². The van der Waals surface area contributed by atoms with Crippen LogP contribution < -0.4 is 0 Å². The fourth-order valence-electron chi connectivity index (χ4n) is 1.02. The van der Waals surface area contributed by atoms with E-state index in [4.69, 9.17) is 4.42 Å². The lowest BCUT2D eigenvalue weighted by atomic mass is 10.5. The van der Waals surface area contributed by atoms with E-state index >= 15 is 0 Å². The van der Waals surface area contributed by atoms with Crippen LogP contribution in [0.5, 0.6) is 0 Å². The molecule has 0 radical (unpaired) electrons. The highest BCUT2D eigenvalue weighted by Crippen LogP contribution is 2.22. The van der Waals surface area contributed by atoms with Gasteiger partial charge in [-0.25, -0.2) is 0 Å². The Balaban J connectivity index is 2.83. The third kappa shape index (κ3) is 0.778. The van der Waals surface area contributed by atoms with E-state index in [0.717, 1.165) is 21.5 Å². The molecule has 0 spiro atoms. The first-order valence-corrected chi connectivity index (χ1v) is 3.79. The Hall–Kier alpha value is -0.700. The SMILES string of the molecule is Cc1cc2oc(Br)cc2[nH]1. The number of halogens is 1. The summed E-state index contributed by atoms with van der Waals surface area (Å²) in [5.74, 6) is 0. The lowest BCUT2D eigenvalue weighted by Crippen LogP contribution is -1.63. The van der Waals surface area contributed by atoms with Crippen molar-refractivity contribution in [2.45, 2.75) is 6.92 Å². The fraction of sp³-hybridized carbons (Fsp3) is 0.143. The minimum Gasteiger partial charge on any atom is -0.448 e. The molecule has 2 rings (SSSR count). The van der Waals surface area contributed by atoms with Gasteiger partial charge in [0.2, 0.25) is 0 Å². The van der Waals surface area contributed by atoms with Gasteiger partial charge >= 0.3 is 0 Å². The molecule has 2 nitrogen and oxygen atoms in total. The molecular weight excluding hydrogens is 194 g/mol. The minimum atomic E-state index is 0.772. The van der Waals surface area contributed by atoms with Crippen LogP contribution in [0.3, 0.4) is 0 Å².